The minimum absolute atomic E-state index is 0.0442. The van der Waals surface area contributed by atoms with Crippen LogP contribution in [0, 0.1) is 18.7 Å². The van der Waals surface area contributed by atoms with Crippen LogP contribution in [0.3, 0.4) is 0 Å². The van der Waals surface area contributed by atoms with E-state index < -0.39 is 0 Å². The minimum Gasteiger partial charge on any atom is -0.495 e. The molecule has 0 saturated carbocycles. The second-order valence-corrected chi connectivity index (χ2v) is 7.18. The first-order valence-corrected chi connectivity index (χ1v) is 9.44. The van der Waals surface area contributed by atoms with Crippen LogP contribution in [0.2, 0.25) is 0 Å². The molecule has 0 aliphatic carbocycles. The Labute approximate surface area is 164 Å². The van der Waals surface area contributed by atoms with E-state index >= 15 is 0 Å². The first-order valence-electron chi connectivity index (χ1n) is 9.44. The first-order chi connectivity index (χ1) is 13.5. The molecule has 0 bridgehead atoms. The molecule has 1 saturated heterocycles. The molecule has 2 amide bonds. The lowest BCUT2D eigenvalue weighted by atomic mass is 9.96. The maximum Gasteiger partial charge on any atom is 0.229 e. The molecule has 1 N–H and O–H groups in total. The van der Waals surface area contributed by atoms with Gasteiger partial charge in [-0.3, -0.25) is 9.59 Å². The Morgan fingerprint density at radius 3 is 2.68 bits per heavy atom. The van der Waals surface area contributed by atoms with Gasteiger partial charge in [0.25, 0.3) is 0 Å². The quantitative estimate of drug-likeness (QED) is 0.858. The van der Waals surface area contributed by atoms with E-state index in [1.807, 2.05) is 25.1 Å². The van der Waals surface area contributed by atoms with Crippen LogP contribution in [0.25, 0.3) is 0 Å². The predicted octanol–water partition coefficient (Wildman–Crippen LogP) is 3.56. The Bertz CT molecular complexity index is 851. The van der Waals surface area contributed by atoms with Crippen molar-refractivity contribution in [2.75, 3.05) is 25.5 Å². The van der Waals surface area contributed by atoms with Gasteiger partial charge in [0, 0.05) is 13.1 Å². The molecule has 2 aromatic rings. The number of hydrogen-bond donors (Lipinski definition) is 1. The van der Waals surface area contributed by atoms with Crippen molar-refractivity contribution >= 4 is 17.5 Å². The Morgan fingerprint density at radius 1 is 1.21 bits per heavy atom. The zero-order valence-electron chi connectivity index (χ0n) is 16.2. The predicted molar refractivity (Wildman–Crippen MR) is 106 cm³/mol. The molecule has 28 heavy (non-hydrogen) atoms. The maximum atomic E-state index is 13.0. The number of halogens is 1. The van der Waals surface area contributed by atoms with Crippen molar-refractivity contribution in [1.29, 1.82) is 0 Å². The molecule has 1 fully saturated rings. The third kappa shape index (κ3) is 4.88. The summed E-state index contributed by atoms with van der Waals surface area (Å²) in [6.45, 7) is 2.98. The summed E-state index contributed by atoms with van der Waals surface area (Å²) in [5.74, 6) is -0.131. The van der Waals surface area contributed by atoms with Gasteiger partial charge in [0.15, 0.2) is 0 Å². The van der Waals surface area contributed by atoms with E-state index in [2.05, 4.69) is 5.32 Å². The Morgan fingerprint density at radius 2 is 1.96 bits per heavy atom. The van der Waals surface area contributed by atoms with Gasteiger partial charge in [0.05, 0.1) is 25.1 Å². The largest absolute Gasteiger partial charge is 0.495 e. The highest BCUT2D eigenvalue weighted by Gasteiger charge is 2.28. The number of anilines is 1. The van der Waals surface area contributed by atoms with Crippen molar-refractivity contribution in [2.24, 2.45) is 5.92 Å². The first kappa shape index (κ1) is 19.9. The van der Waals surface area contributed by atoms with Crippen LogP contribution < -0.4 is 10.1 Å². The third-order valence-electron chi connectivity index (χ3n) is 5.03. The molecule has 1 heterocycles. The van der Waals surface area contributed by atoms with E-state index in [-0.39, 0.29) is 30.0 Å². The summed E-state index contributed by atoms with van der Waals surface area (Å²) in [7, 11) is 1.57. The van der Waals surface area contributed by atoms with Crippen LogP contribution in [0.4, 0.5) is 10.1 Å². The number of benzene rings is 2. The monoisotopic (exact) mass is 384 g/mol. The number of likely N-dealkylation sites (tertiary alicyclic amines) is 1. The molecule has 1 aliphatic heterocycles. The highest BCUT2D eigenvalue weighted by molar-refractivity contribution is 5.94. The van der Waals surface area contributed by atoms with Gasteiger partial charge < -0.3 is 15.0 Å². The number of rotatable bonds is 5. The molecular formula is C22H25FN2O3. The number of carbonyl (C=O) groups is 2. The smallest absolute Gasteiger partial charge is 0.229 e. The van der Waals surface area contributed by atoms with Crippen molar-refractivity contribution in [1.82, 2.24) is 4.90 Å². The van der Waals surface area contributed by atoms with Gasteiger partial charge >= 0.3 is 0 Å². The van der Waals surface area contributed by atoms with E-state index in [1.54, 1.807) is 24.1 Å². The zero-order chi connectivity index (χ0) is 20.1. The summed E-state index contributed by atoms with van der Waals surface area (Å²) in [6.07, 6.45) is 1.72. The molecule has 0 spiro atoms. The third-order valence-corrected chi connectivity index (χ3v) is 5.03. The lowest BCUT2D eigenvalue weighted by Crippen LogP contribution is -2.44. The van der Waals surface area contributed by atoms with E-state index in [1.165, 1.54) is 12.1 Å². The summed E-state index contributed by atoms with van der Waals surface area (Å²) in [5.41, 5.74) is 2.43. The van der Waals surface area contributed by atoms with Crippen LogP contribution in [-0.2, 0) is 16.0 Å². The molecule has 1 atom stereocenters. The van der Waals surface area contributed by atoms with Gasteiger partial charge in [-0.2, -0.15) is 0 Å². The molecule has 148 valence electrons. The Hall–Kier alpha value is -2.89. The number of amides is 2. The number of methoxy groups -OCH3 is 1. The summed E-state index contributed by atoms with van der Waals surface area (Å²) < 4.78 is 18.3. The molecule has 5 nitrogen and oxygen atoms in total. The van der Waals surface area contributed by atoms with Gasteiger partial charge in [0.2, 0.25) is 11.8 Å². The zero-order valence-corrected chi connectivity index (χ0v) is 16.2. The van der Waals surface area contributed by atoms with Gasteiger partial charge in [-0.1, -0.05) is 18.2 Å². The number of nitrogens with one attached hydrogen (secondary N) is 1. The van der Waals surface area contributed by atoms with Gasteiger partial charge in [-0.15, -0.1) is 0 Å². The number of piperidine rings is 1. The molecule has 2 aromatic carbocycles. The molecule has 6 heteroatoms. The Balaban J connectivity index is 1.62. The second-order valence-electron chi connectivity index (χ2n) is 7.18. The molecule has 1 aliphatic rings. The van der Waals surface area contributed by atoms with Crippen LogP contribution >= 0.6 is 0 Å². The summed E-state index contributed by atoms with van der Waals surface area (Å²) in [6, 6.07) is 11.6. The van der Waals surface area contributed by atoms with Crippen molar-refractivity contribution in [3.8, 4) is 5.75 Å². The van der Waals surface area contributed by atoms with Crippen molar-refractivity contribution in [3.05, 3.63) is 59.4 Å². The number of nitrogens with zero attached hydrogens (tertiary/aromatic N) is 1. The van der Waals surface area contributed by atoms with Crippen LogP contribution in [0.1, 0.15) is 24.0 Å². The molecular weight excluding hydrogens is 359 g/mol. The number of hydrogen-bond acceptors (Lipinski definition) is 3. The highest BCUT2D eigenvalue weighted by Crippen LogP contribution is 2.27. The fraction of sp³-hybridized carbons (Fsp3) is 0.364. The summed E-state index contributed by atoms with van der Waals surface area (Å²) >= 11 is 0. The maximum absolute atomic E-state index is 13.0. The lowest BCUT2D eigenvalue weighted by molar-refractivity contribution is -0.133. The number of aryl methyl sites for hydroxylation is 1. The van der Waals surface area contributed by atoms with Gasteiger partial charge in [-0.05, 0) is 55.2 Å². The topological polar surface area (TPSA) is 58.6 Å². The summed E-state index contributed by atoms with van der Waals surface area (Å²) in [4.78, 5) is 27.1. The normalized spacial score (nSPS) is 16.5. The van der Waals surface area contributed by atoms with E-state index in [0.29, 0.717) is 24.5 Å². The Kier molecular flexibility index (Phi) is 6.29. The van der Waals surface area contributed by atoms with E-state index in [9.17, 15) is 14.0 Å². The van der Waals surface area contributed by atoms with Crippen LogP contribution in [0.5, 0.6) is 5.75 Å². The fourth-order valence-electron chi connectivity index (χ4n) is 3.46. The number of ether oxygens (including phenoxy) is 1. The van der Waals surface area contributed by atoms with Crippen molar-refractivity contribution in [2.45, 2.75) is 26.2 Å². The fourth-order valence-corrected chi connectivity index (χ4v) is 3.46. The van der Waals surface area contributed by atoms with Crippen LogP contribution in [-0.4, -0.2) is 36.9 Å². The van der Waals surface area contributed by atoms with Crippen LogP contribution in [0.15, 0.2) is 42.5 Å². The van der Waals surface area contributed by atoms with E-state index in [4.69, 9.17) is 4.74 Å². The average molecular weight is 384 g/mol. The van der Waals surface area contributed by atoms with E-state index in [0.717, 1.165) is 24.0 Å². The SMILES string of the molecule is COc1ccc(C)cc1NC(=O)C1CCCN(C(=O)Cc2ccc(F)cc2)C1. The minimum atomic E-state index is -0.322. The standard InChI is InChI=1S/C22H25FN2O3/c1-15-5-10-20(28-2)19(12-15)24-22(27)17-4-3-11-25(14-17)21(26)13-16-6-8-18(23)9-7-16/h5-10,12,17H,3-4,11,13-14H2,1-2H3,(H,24,27). The molecule has 1 unspecified atom stereocenters. The molecule has 0 aromatic heterocycles. The highest BCUT2D eigenvalue weighted by atomic mass is 19.1. The van der Waals surface area contributed by atoms with Crippen molar-refractivity contribution in [3.63, 3.8) is 0 Å². The average Bonchev–Trinajstić information content (AvgIpc) is 2.70. The number of carbonyl (C=O) groups excluding carboxylic acids is 2. The molecule has 0 radical (unpaired) electrons. The summed E-state index contributed by atoms with van der Waals surface area (Å²) in [5, 5.41) is 2.94. The molecule has 3 rings (SSSR count). The van der Waals surface area contributed by atoms with Gasteiger partial charge in [0.1, 0.15) is 11.6 Å². The second kappa shape index (κ2) is 8.87. The lowest BCUT2D eigenvalue weighted by Gasteiger charge is -2.32. The van der Waals surface area contributed by atoms with Gasteiger partial charge in [-0.25, -0.2) is 4.39 Å². The van der Waals surface area contributed by atoms with Crippen molar-refractivity contribution < 1.29 is 18.7 Å².